The molecule has 0 saturated heterocycles. The summed E-state index contributed by atoms with van der Waals surface area (Å²) in [4.78, 5) is 0. The zero-order chi connectivity index (χ0) is 9.61. The molecule has 0 unspecified atom stereocenters. The summed E-state index contributed by atoms with van der Waals surface area (Å²) in [6.45, 7) is 5.75. The van der Waals surface area contributed by atoms with Crippen LogP contribution in [0.3, 0.4) is 0 Å². The molecule has 0 aromatic rings. The molecule has 0 aliphatic carbocycles. The zero-order valence-corrected chi connectivity index (χ0v) is 8.73. The number of hydrogen-bond donors (Lipinski definition) is 0. The molecule has 5 heteroatoms. The molecule has 0 aromatic carbocycles. The highest BCUT2D eigenvalue weighted by Crippen LogP contribution is 1.95. The van der Waals surface area contributed by atoms with Gasteiger partial charge in [-0.05, 0) is 6.92 Å². The first-order valence-corrected chi connectivity index (χ1v) is 5.90. The first kappa shape index (κ1) is 11.9. The molecule has 0 saturated carbocycles. The van der Waals surface area contributed by atoms with Gasteiger partial charge in [0.25, 0.3) is 0 Å². The van der Waals surface area contributed by atoms with Gasteiger partial charge in [0.05, 0.1) is 12.9 Å². The van der Waals surface area contributed by atoms with Crippen molar-refractivity contribution in [1.82, 2.24) is 4.31 Å². The number of sulfonamides is 1. The van der Waals surface area contributed by atoms with E-state index in [4.69, 9.17) is 4.74 Å². The molecule has 0 heterocycles. The lowest BCUT2D eigenvalue weighted by Crippen LogP contribution is -2.32. The Bertz CT molecular complexity index is 201. The quantitative estimate of drug-likeness (QED) is 0.573. The van der Waals surface area contributed by atoms with Crippen molar-refractivity contribution in [1.29, 1.82) is 0 Å². The topological polar surface area (TPSA) is 46.6 Å². The smallest absolute Gasteiger partial charge is 0.211 e. The van der Waals surface area contributed by atoms with Gasteiger partial charge in [0.2, 0.25) is 10.0 Å². The van der Waals surface area contributed by atoms with Crippen molar-refractivity contribution in [3.8, 4) is 0 Å². The van der Waals surface area contributed by atoms with E-state index in [1.807, 2.05) is 13.8 Å². The zero-order valence-electron chi connectivity index (χ0n) is 7.91. The lowest BCUT2D eigenvalue weighted by Gasteiger charge is -2.16. The minimum atomic E-state index is -3.04. The molecule has 0 aromatic heterocycles. The van der Waals surface area contributed by atoms with Crippen LogP contribution in [0.5, 0.6) is 0 Å². The van der Waals surface area contributed by atoms with Gasteiger partial charge in [-0.25, -0.2) is 12.7 Å². The van der Waals surface area contributed by atoms with Gasteiger partial charge >= 0.3 is 0 Å². The molecular weight excluding hydrogens is 178 g/mol. The molecule has 0 atom stereocenters. The van der Waals surface area contributed by atoms with Gasteiger partial charge in [-0.3, -0.25) is 0 Å². The molecule has 0 spiro atoms. The van der Waals surface area contributed by atoms with Crippen LogP contribution in [0.1, 0.15) is 13.8 Å². The van der Waals surface area contributed by atoms with Gasteiger partial charge in [-0.1, -0.05) is 6.92 Å². The van der Waals surface area contributed by atoms with E-state index in [2.05, 4.69) is 0 Å². The number of ether oxygens (including phenoxy) is 1. The summed E-state index contributed by atoms with van der Waals surface area (Å²) in [6, 6.07) is 0. The summed E-state index contributed by atoms with van der Waals surface area (Å²) in [5.41, 5.74) is 0. The maximum absolute atomic E-state index is 11.0. The third-order valence-electron chi connectivity index (χ3n) is 1.51. The highest BCUT2D eigenvalue weighted by Gasteiger charge is 2.12. The summed E-state index contributed by atoms with van der Waals surface area (Å²) in [7, 11) is -3.04. The Morgan fingerprint density at radius 2 is 1.92 bits per heavy atom. The molecule has 0 radical (unpaired) electrons. The van der Waals surface area contributed by atoms with Gasteiger partial charge in [-0.15, -0.1) is 0 Å². The van der Waals surface area contributed by atoms with Gasteiger partial charge in [0.15, 0.2) is 0 Å². The van der Waals surface area contributed by atoms with E-state index in [-0.39, 0.29) is 0 Å². The van der Waals surface area contributed by atoms with Crippen molar-refractivity contribution in [2.24, 2.45) is 0 Å². The van der Waals surface area contributed by atoms with Crippen LogP contribution in [0.2, 0.25) is 0 Å². The number of likely N-dealkylation sites (N-methyl/N-ethyl adjacent to an activating group) is 1. The van der Waals surface area contributed by atoms with Crippen molar-refractivity contribution in [2.45, 2.75) is 13.8 Å². The van der Waals surface area contributed by atoms with Crippen LogP contribution >= 0.6 is 0 Å². The fourth-order valence-electron chi connectivity index (χ4n) is 0.869. The molecule has 0 amide bonds. The highest BCUT2D eigenvalue weighted by molar-refractivity contribution is 7.88. The second kappa shape index (κ2) is 5.50. The third kappa shape index (κ3) is 4.69. The average molecular weight is 195 g/mol. The van der Waals surface area contributed by atoms with Gasteiger partial charge in [0.1, 0.15) is 0 Å². The fourth-order valence-corrected chi connectivity index (χ4v) is 1.74. The Hall–Kier alpha value is -0.130. The van der Waals surface area contributed by atoms with E-state index in [1.165, 1.54) is 10.6 Å². The largest absolute Gasteiger partial charge is 0.380 e. The van der Waals surface area contributed by atoms with E-state index in [0.29, 0.717) is 26.3 Å². The monoisotopic (exact) mass is 195 g/mol. The first-order valence-electron chi connectivity index (χ1n) is 4.05. The number of hydrogen-bond acceptors (Lipinski definition) is 3. The highest BCUT2D eigenvalue weighted by atomic mass is 32.2. The predicted molar refractivity (Wildman–Crippen MR) is 48.6 cm³/mol. The van der Waals surface area contributed by atoms with Crippen LogP contribution < -0.4 is 0 Å². The fraction of sp³-hybridized carbons (Fsp3) is 1.00. The van der Waals surface area contributed by atoms with Crippen LogP contribution in [0.25, 0.3) is 0 Å². The Balaban J connectivity index is 3.85. The van der Waals surface area contributed by atoms with E-state index >= 15 is 0 Å². The molecular formula is C7H17NO3S. The molecule has 74 valence electrons. The van der Waals surface area contributed by atoms with Crippen LogP contribution in [0.4, 0.5) is 0 Å². The second-order valence-electron chi connectivity index (χ2n) is 2.45. The number of rotatable bonds is 6. The Morgan fingerprint density at radius 1 is 1.33 bits per heavy atom. The predicted octanol–water partition coefficient (Wildman–Crippen LogP) is 0.304. The summed E-state index contributed by atoms with van der Waals surface area (Å²) >= 11 is 0. The average Bonchev–Trinajstić information content (AvgIpc) is 1.95. The summed E-state index contributed by atoms with van der Waals surface area (Å²) in [5.74, 6) is 0. The maximum atomic E-state index is 11.0. The van der Waals surface area contributed by atoms with Crippen LogP contribution in [0, 0.1) is 0 Å². The maximum Gasteiger partial charge on any atom is 0.211 e. The van der Waals surface area contributed by atoms with Gasteiger partial charge in [0, 0.05) is 19.7 Å². The normalized spacial score (nSPS) is 12.3. The van der Waals surface area contributed by atoms with Crippen LogP contribution in [-0.4, -0.2) is 45.3 Å². The van der Waals surface area contributed by atoms with Crippen molar-refractivity contribution < 1.29 is 13.2 Å². The standard InChI is InChI=1S/C7H17NO3S/c1-4-8(12(3,9)10)6-7-11-5-2/h4-7H2,1-3H3. The summed E-state index contributed by atoms with van der Waals surface area (Å²) < 4.78 is 28.5. The minimum absolute atomic E-state index is 0.448. The van der Waals surface area contributed by atoms with E-state index < -0.39 is 10.0 Å². The minimum Gasteiger partial charge on any atom is -0.380 e. The molecule has 0 bridgehead atoms. The Kier molecular flexibility index (Phi) is 5.44. The van der Waals surface area contributed by atoms with Crippen LogP contribution in [0.15, 0.2) is 0 Å². The molecule has 12 heavy (non-hydrogen) atoms. The van der Waals surface area contributed by atoms with Crippen molar-refractivity contribution in [2.75, 3.05) is 32.6 Å². The molecule has 0 aliphatic rings. The molecule has 4 nitrogen and oxygen atoms in total. The Labute approximate surface area is 74.6 Å². The Morgan fingerprint density at radius 3 is 2.25 bits per heavy atom. The van der Waals surface area contributed by atoms with E-state index in [0.717, 1.165) is 0 Å². The lowest BCUT2D eigenvalue weighted by molar-refractivity contribution is 0.135. The molecule has 0 fully saturated rings. The summed E-state index contributed by atoms with van der Waals surface area (Å²) in [6.07, 6.45) is 1.21. The second-order valence-corrected chi connectivity index (χ2v) is 4.43. The van der Waals surface area contributed by atoms with Crippen LogP contribution in [-0.2, 0) is 14.8 Å². The third-order valence-corrected chi connectivity index (χ3v) is 2.89. The van der Waals surface area contributed by atoms with E-state index in [9.17, 15) is 8.42 Å². The van der Waals surface area contributed by atoms with Crippen molar-refractivity contribution in [3.05, 3.63) is 0 Å². The van der Waals surface area contributed by atoms with Gasteiger partial charge in [-0.2, -0.15) is 0 Å². The summed E-state index contributed by atoms with van der Waals surface area (Å²) in [5, 5.41) is 0. The first-order chi connectivity index (χ1) is 5.52. The molecule has 0 aliphatic heterocycles. The van der Waals surface area contributed by atoms with Crippen molar-refractivity contribution in [3.63, 3.8) is 0 Å². The number of nitrogens with zero attached hydrogens (tertiary/aromatic N) is 1. The van der Waals surface area contributed by atoms with E-state index in [1.54, 1.807) is 0 Å². The van der Waals surface area contributed by atoms with Crippen molar-refractivity contribution >= 4 is 10.0 Å². The molecule has 0 rings (SSSR count). The lowest BCUT2D eigenvalue weighted by atomic mass is 10.6. The molecule has 0 N–H and O–H groups in total. The van der Waals surface area contributed by atoms with Gasteiger partial charge < -0.3 is 4.74 Å². The SMILES string of the molecule is CCOCCN(CC)S(C)(=O)=O.